The van der Waals surface area contributed by atoms with Gasteiger partial charge >= 0.3 is 5.97 Å². The summed E-state index contributed by atoms with van der Waals surface area (Å²) in [5, 5.41) is 0. The lowest BCUT2D eigenvalue weighted by atomic mass is 9.94. The Morgan fingerprint density at radius 3 is 2.32 bits per heavy atom. The molecule has 1 aliphatic rings. The third kappa shape index (κ3) is 5.82. The van der Waals surface area contributed by atoms with Crippen LogP contribution in [0.15, 0.2) is 24.3 Å². The Kier molecular flexibility index (Phi) is 7.48. The number of hydrogen-bond donors (Lipinski definition) is 0. The average Bonchev–Trinajstić information content (AvgIpc) is 2.55. The van der Waals surface area contributed by atoms with Gasteiger partial charge in [0.05, 0.1) is 12.5 Å². The lowest BCUT2D eigenvalue weighted by Gasteiger charge is -2.20. The molecule has 0 saturated carbocycles. The second-order valence-corrected chi connectivity index (χ2v) is 6.53. The Morgan fingerprint density at radius 1 is 1.00 bits per heavy atom. The number of ether oxygens (including phenoxy) is 1. The highest BCUT2D eigenvalue weighted by molar-refractivity contribution is 5.72. The SMILES string of the molecule is CCCCc1ccc(CCCCCC2CCCOC2=O)cc1. The van der Waals surface area contributed by atoms with Gasteiger partial charge < -0.3 is 4.74 Å². The van der Waals surface area contributed by atoms with E-state index in [1.54, 1.807) is 0 Å². The first-order valence-corrected chi connectivity index (χ1v) is 9.04. The maximum Gasteiger partial charge on any atom is 0.308 e. The van der Waals surface area contributed by atoms with E-state index in [-0.39, 0.29) is 11.9 Å². The van der Waals surface area contributed by atoms with Crippen LogP contribution in [0.2, 0.25) is 0 Å². The second-order valence-electron chi connectivity index (χ2n) is 6.53. The molecule has 0 radical (unpaired) electrons. The number of carbonyl (C=O) groups excluding carboxylic acids is 1. The van der Waals surface area contributed by atoms with Crippen molar-refractivity contribution >= 4 is 5.97 Å². The molecule has 22 heavy (non-hydrogen) atoms. The lowest BCUT2D eigenvalue weighted by molar-refractivity contribution is -0.153. The molecule has 1 aliphatic heterocycles. The van der Waals surface area contributed by atoms with E-state index in [0.29, 0.717) is 6.61 Å². The largest absolute Gasteiger partial charge is 0.465 e. The van der Waals surface area contributed by atoms with Crippen LogP contribution in [0.25, 0.3) is 0 Å². The molecule has 2 rings (SSSR count). The average molecular weight is 302 g/mol. The van der Waals surface area contributed by atoms with Gasteiger partial charge in [0.2, 0.25) is 0 Å². The van der Waals surface area contributed by atoms with Gasteiger partial charge in [-0.1, -0.05) is 50.5 Å². The normalized spacial score (nSPS) is 18.2. The number of hydrogen-bond acceptors (Lipinski definition) is 2. The summed E-state index contributed by atoms with van der Waals surface area (Å²) in [6, 6.07) is 9.12. The summed E-state index contributed by atoms with van der Waals surface area (Å²) in [5.41, 5.74) is 2.90. The third-order valence-corrected chi connectivity index (χ3v) is 4.63. The maximum absolute atomic E-state index is 11.6. The molecule has 1 heterocycles. The molecule has 0 N–H and O–H groups in total. The van der Waals surface area contributed by atoms with E-state index in [2.05, 4.69) is 31.2 Å². The fourth-order valence-electron chi connectivity index (χ4n) is 3.15. The molecule has 0 aliphatic carbocycles. The standard InChI is InChI=1S/C20H30O2/c1-2-3-8-17-12-14-18(15-13-17)9-5-4-6-10-19-11-7-16-22-20(19)21/h12-15,19H,2-11,16H2,1H3. The van der Waals surface area contributed by atoms with Gasteiger partial charge in [0.25, 0.3) is 0 Å². The summed E-state index contributed by atoms with van der Waals surface area (Å²) >= 11 is 0. The Morgan fingerprint density at radius 2 is 1.68 bits per heavy atom. The van der Waals surface area contributed by atoms with Gasteiger partial charge in [-0.2, -0.15) is 0 Å². The van der Waals surface area contributed by atoms with Gasteiger partial charge in [-0.3, -0.25) is 4.79 Å². The summed E-state index contributed by atoms with van der Waals surface area (Å²) < 4.78 is 5.12. The van der Waals surface area contributed by atoms with E-state index in [1.165, 1.54) is 43.2 Å². The summed E-state index contributed by atoms with van der Waals surface area (Å²) in [5.74, 6) is 0.209. The minimum atomic E-state index is 0.0360. The molecular weight excluding hydrogens is 272 g/mol. The van der Waals surface area contributed by atoms with Gasteiger partial charge in [0.15, 0.2) is 0 Å². The van der Waals surface area contributed by atoms with Crippen molar-refractivity contribution in [2.24, 2.45) is 5.92 Å². The molecular formula is C20H30O2. The zero-order valence-electron chi connectivity index (χ0n) is 14.0. The van der Waals surface area contributed by atoms with E-state index in [9.17, 15) is 4.79 Å². The molecule has 1 aromatic rings. The molecule has 2 nitrogen and oxygen atoms in total. The fourth-order valence-corrected chi connectivity index (χ4v) is 3.15. The van der Waals surface area contributed by atoms with Crippen molar-refractivity contribution < 1.29 is 9.53 Å². The van der Waals surface area contributed by atoms with Crippen molar-refractivity contribution in [1.82, 2.24) is 0 Å². The van der Waals surface area contributed by atoms with Crippen LogP contribution < -0.4 is 0 Å². The number of unbranched alkanes of at least 4 members (excludes halogenated alkanes) is 3. The maximum atomic E-state index is 11.6. The number of rotatable bonds is 9. The Hall–Kier alpha value is -1.31. The van der Waals surface area contributed by atoms with Crippen LogP contribution in [-0.4, -0.2) is 12.6 Å². The van der Waals surface area contributed by atoms with Crippen molar-refractivity contribution in [1.29, 1.82) is 0 Å². The van der Waals surface area contributed by atoms with Crippen molar-refractivity contribution in [2.45, 2.75) is 71.1 Å². The second kappa shape index (κ2) is 9.66. The van der Waals surface area contributed by atoms with Crippen LogP contribution in [-0.2, 0) is 22.4 Å². The Labute approximate surface area is 135 Å². The molecule has 1 fully saturated rings. The highest BCUT2D eigenvalue weighted by Crippen LogP contribution is 2.21. The van der Waals surface area contributed by atoms with E-state index >= 15 is 0 Å². The van der Waals surface area contributed by atoms with Crippen LogP contribution in [0, 0.1) is 5.92 Å². The number of carbonyl (C=O) groups is 1. The molecule has 0 spiro atoms. The third-order valence-electron chi connectivity index (χ3n) is 4.63. The zero-order valence-corrected chi connectivity index (χ0v) is 14.0. The number of esters is 1. The highest BCUT2D eigenvalue weighted by Gasteiger charge is 2.22. The first-order chi connectivity index (χ1) is 10.8. The summed E-state index contributed by atoms with van der Waals surface area (Å²) in [6.07, 6.45) is 11.6. The summed E-state index contributed by atoms with van der Waals surface area (Å²) in [6.45, 7) is 2.87. The van der Waals surface area contributed by atoms with E-state index in [0.717, 1.165) is 32.1 Å². The molecule has 1 saturated heterocycles. The van der Waals surface area contributed by atoms with Crippen LogP contribution in [0.3, 0.4) is 0 Å². The van der Waals surface area contributed by atoms with Gasteiger partial charge in [0, 0.05) is 0 Å². The molecule has 0 bridgehead atoms. The van der Waals surface area contributed by atoms with Crippen molar-refractivity contribution in [2.75, 3.05) is 6.61 Å². The molecule has 1 atom stereocenters. The van der Waals surface area contributed by atoms with E-state index in [4.69, 9.17) is 4.74 Å². The predicted octanol–water partition coefficient (Wildman–Crippen LogP) is 5.09. The lowest BCUT2D eigenvalue weighted by Crippen LogP contribution is -2.23. The number of cyclic esters (lactones) is 1. The molecule has 1 aromatic carbocycles. The highest BCUT2D eigenvalue weighted by atomic mass is 16.5. The Balaban J connectivity index is 1.59. The molecule has 2 heteroatoms. The number of aryl methyl sites for hydroxylation is 2. The van der Waals surface area contributed by atoms with Crippen LogP contribution in [0.5, 0.6) is 0 Å². The topological polar surface area (TPSA) is 26.3 Å². The minimum absolute atomic E-state index is 0.0360. The van der Waals surface area contributed by atoms with Crippen LogP contribution in [0.4, 0.5) is 0 Å². The van der Waals surface area contributed by atoms with Gasteiger partial charge in [-0.05, 0) is 56.1 Å². The molecule has 0 aromatic heterocycles. The zero-order chi connectivity index (χ0) is 15.6. The quantitative estimate of drug-likeness (QED) is 0.469. The van der Waals surface area contributed by atoms with Crippen molar-refractivity contribution in [3.63, 3.8) is 0 Å². The molecule has 0 amide bonds. The van der Waals surface area contributed by atoms with Crippen molar-refractivity contribution in [3.8, 4) is 0 Å². The van der Waals surface area contributed by atoms with E-state index < -0.39 is 0 Å². The monoisotopic (exact) mass is 302 g/mol. The summed E-state index contributed by atoms with van der Waals surface area (Å²) in [4.78, 5) is 11.6. The fraction of sp³-hybridized carbons (Fsp3) is 0.650. The first-order valence-electron chi connectivity index (χ1n) is 9.04. The smallest absolute Gasteiger partial charge is 0.308 e. The van der Waals surface area contributed by atoms with Crippen LogP contribution in [0.1, 0.15) is 69.4 Å². The van der Waals surface area contributed by atoms with Gasteiger partial charge in [-0.25, -0.2) is 0 Å². The molecule has 1 unspecified atom stereocenters. The van der Waals surface area contributed by atoms with Crippen molar-refractivity contribution in [3.05, 3.63) is 35.4 Å². The van der Waals surface area contributed by atoms with E-state index in [1.807, 2.05) is 0 Å². The number of benzene rings is 1. The predicted molar refractivity (Wildman–Crippen MR) is 90.9 cm³/mol. The van der Waals surface area contributed by atoms with Gasteiger partial charge in [-0.15, -0.1) is 0 Å². The molecule has 122 valence electrons. The minimum Gasteiger partial charge on any atom is -0.465 e. The summed E-state index contributed by atoms with van der Waals surface area (Å²) in [7, 11) is 0. The Bertz CT molecular complexity index is 436. The van der Waals surface area contributed by atoms with Gasteiger partial charge in [0.1, 0.15) is 0 Å². The van der Waals surface area contributed by atoms with Crippen LogP contribution >= 0.6 is 0 Å². The first kappa shape index (κ1) is 17.1.